The number of aryl methyl sites for hydroxylation is 1. The van der Waals surface area contributed by atoms with Crippen molar-refractivity contribution in [2.75, 3.05) is 10.6 Å². The quantitative estimate of drug-likeness (QED) is 0.748. The van der Waals surface area contributed by atoms with Crippen LogP contribution in [0.4, 0.5) is 11.5 Å². The van der Waals surface area contributed by atoms with Gasteiger partial charge < -0.3 is 10.6 Å². The first kappa shape index (κ1) is 16.6. The number of aromatic nitrogens is 3. The van der Waals surface area contributed by atoms with Gasteiger partial charge in [-0.2, -0.15) is 0 Å². The summed E-state index contributed by atoms with van der Waals surface area (Å²) < 4.78 is 0. The maximum Gasteiger partial charge on any atom is 0.276 e. The number of carbonyl (C=O) groups excluding carboxylic acids is 1. The van der Waals surface area contributed by atoms with Crippen LogP contribution >= 0.6 is 0 Å². The van der Waals surface area contributed by atoms with E-state index in [2.05, 4.69) is 25.8 Å². The standard InChI is InChI=1S/C19H19N5O/c1-13-6-5-8-16(14(13)2)22-19(25)17-9-10-18(24-23-17)21-12-15-7-3-4-11-20-15/h3-11H,12H2,1-2H3,(H,21,24)(H,22,25). The van der Waals surface area contributed by atoms with Crippen molar-refractivity contribution in [1.82, 2.24) is 15.2 Å². The second-order valence-electron chi connectivity index (χ2n) is 5.68. The lowest BCUT2D eigenvalue weighted by atomic mass is 10.1. The second kappa shape index (κ2) is 7.53. The third-order valence-corrected chi connectivity index (χ3v) is 3.93. The fraction of sp³-hybridized carbons (Fsp3) is 0.158. The molecule has 2 aromatic heterocycles. The van der Waals surface area contributed by atoms with Crippen molar-refractivity contribution in [1.29, 1.82) is 0 Å². The summed E-state index contributed by atoms with van der Waals surface area (Å²) in [6, 6.07) is 14.9. The number of nitrogens with one attached hydrogen (secondary N) is 2. The fourth-order valence-electron chi connectivity index (χ4n) is 2.30. The van der Waals surface area contributed by atoms with Crippen LogP contribution in [-0.2, 0) is 6.54 Å². The zero-order valence-corrected chi connectivity index (χ0v) is 14.2. The Kier molecular flexibility index (Phi) is 4.99. The number of benzene rings is 1. The van der Waals surface area contributed by atoms with Crippen molar-refractivity contribution in [2.45, 2.75) is 20.4 Å². The van der Waals surface area contributed by atoms with E-state index in [4.69, 9.17) is 0 Å². The predicted octanol–water partition coefficient (Wildman–Crippen LogP) is 3.35. The average Bonchev–Trinajstić information content (AvgIpc) is 2.65. The van der Waals surface area contributed by atoms with E-state index in [1.807, 2.05) is 50.2 Å². The fourth-order valence-corrected chi connectivity index (χ4v) is 2.30. The lowest BCUT2D eigenvalue weighted by Crippen LogP contribution is -2.15. The first-order valence-corrected chi connectivity index (χ1v) is 7.98. The number of rotatable bonds is 5. The van der Waals surface area contributed by atoms with E-state index in [1.54, 1.807) is 18.3 Å². The summed E-state index contributed by atoms with van der Waals surface area (Å²) in [6.45, 7) is 4.53. The van der Waals surface area contributed by atoms with Crippen molar-refractivity contribution in [3.63, 3.8) is 0 Å². The third-order valence-electron chi connectivity index (χ3n) is 3.93. The predicted molar refractivity (Wildman–Crippen MR) is 97.5 cm³/mol. The highest BCUT2D eigenvalue weighted by Gasteiger charge is 2.10. The molecule has 3 rings (SSSR count). The van der Waals surface area contributed by atoms with Gasteiger partial charge in [0.15, 0.2) is 5.69 Å². The van der Waals surface area contributed by atoms with Crippen LogP contribution in [0.15, 0.2) is 54.7 Å². The summed E-state index contributed by atoms with van der Waals surface area (Å²) in [4.78, 5) is 16.6. The monoisotopic (exact) mass is 333 g/mol. The van der Waals surface area contributed by atoms with E-state index in [9.17, 15) is 4.79 Å². The average molecular weight is 333 g/mol. The normalized spacial score (nSPS) is 10.3. The van der Waals surface area contributed by atoms with Gasteiger partial charge in [-0.25, -0.2) is 0 Å². The van der Waals surface area contributed by atoms with Crippen LogP contribution in [0.5, 0.6) is 0 Å². The number of pyridine rings is 1. The Morgan fingerprint density at radius 1 is 1.00 bits per heavy atom. The van der Waals surface area contributed by atoms with Gasteiger partial charge in [0, 0.05) is 11.9 Å². The molecule has 0 saturated heterocycles. The van der Waals surface area contributed by atoms with Crippen molar-refractivity contribution in [2.24, 2.45) is 0 Å². The first-order valence-electron chi connectivity index (χ1n) is 7.98. The Morgan fingerprint density at radius 3 is 2.60 bits per heavy atom. The molecule has 3 aromatic rings. The van der Waals surface area contributed by atoms with Gasteiger partial charge in [-0.3, -0.25) is 9.78 Å². The second-order valence-corrected chi connectivity index (χ2v) is 5.68. The topological polar surface area (TPSA) is 79.8 Å². The highest BCUT2D eigenvalue weighted by molar-refractivity contribution is 6.03. The summed E-state index contributed by atoms with van der Waals surface area (Å²) in [5.74, 6) is 0.311. The van der Waals surface area contributed by atoms with Gasteiger partial charge in [0.1, 0.15) is 5.82 Å². The Balaban J connectivity index is 1.63. The zero-order valence-electron chi connectivity index (χ0n) is 14.2. The van der Waals surface area contributed by atoms with Gasteiger partial charge in [-0.15, -0.1) is 10.2 Å². The van der Waals surface area contributed by atoms with Crippen LogP contribution in [-0.4, -0.2) is 21.1 Å². The highest BCUT2D eigenvalue weighted by atomic mass is 16.1. The van der Waals surface area contributed by atoms with Crippen molar-refractivity contribution >= 4 is 17.4 Å². The van der Waals surface area contributed by atoms with Crippen molar-refractivity contribution < 1.29 is 4.79 Å². The molecule has 2 N–H and O–H groups in total. The number of hydrogen-bond acceptors (Lipinski definition) is 5. The molecule has 1 amide bonds. The molecule has 0 saturated carbocycles. The maximum absolute atomic E-state index is 12.3. The highest BCUT2D eigenvalue weighted by Crippen LogP contribution is 2.18. The molecule has 25 heavy (non-hydrogen) atoms. The molecule has 0 radical (unpaired) electrons. The lowest BCUT2D eigenvalue weighted by molar-refractivity contribution is 0.102. The molecule has 0 aliphatic rings. The molecule has 0 aliphatic heterocycles. The minimum Gasteiger partial charge on any atom is -0.363 e. The van der Waals surface area contributed by atoms with Gasteiger partial charge >= 0.3 is 0 Å². The van der Waals surface area contributed by atoms with Crippen LogP contribution in [0, 0.1) is 13.8 Å². The number of anilines is 2. The summed E-state index contributed by atoms with van der Waals surface area (Å²) in [5.41, 5.74) is 4.12. The summed E-state index contributed by atoms with van der Waals surface area (Å²) >= 11 is 0. The van der Waals surface area contributed by atoms with E-state index in [0.717, 1.165) is 22.5 Å². The Labute approximate surface area is 146 Å². The number of hydrogen-bond donors (Lipinski definition) is 2. The Bertz CT molecular complexity index is 863. The van der Waals surface area contributed by atoms with Gasteiger partial charge in [-0.1, -0.05) is 18.2 Å². The van der Waals surface area contributed by atoms with E-state index in [-0.39, 0.29) is 11.6 Å². The van der Waals surface area contributed by atoms with Crippen LogP contribution in [0.1, 0.15) is 27.3 Å². The van der Waals surface area contributed by atoms with Crippen LogP contribution in [0.3, 0.4) is 0 Å². The van der Waals surface area contributed by atoms with Gasteiger partial charge in [0.05, 0.1) is 12.2 Å². The molecule has 6 heteroatoms. The molecule has 0 unspecified atom stereocenters. The number of nitrogens with zero attached hydrogens (tertiary/aromatic N) is 3. The number of carbonyl (C=O) groups is 1. The Morgan fingerprint density at radius 2 is 1.88 bits per heavy atom. The van der Waals surface area contributed by atoms with Gasteiger partial charge in [0.25, 0.3) is 5.91 Å². The molecule has 2 heterocycles. The summed E-state index contributed by atoms with van der Waals surface area (Å²) in [7, 11) is 0. The van der Waals surface area contributed by atoms with Crippen molar-refractivity contribution in [3.8, 4) is 0 Å². The molecular formula is C19H19N5O. The van der Waals surface area contributed by atoms with Crippen LogP contribution in [0.2, 0.25) is 0 Å². The Hall–Kier alpha value is -3.28. The van der Waals surface area contributed by atoms with Crippen LogP contribution in [0.25, 0.3) is 0 Å². The van der Waals surface area contributed by atoms with Gasteiger partial charge in [-0.05, 0) is 55.3 Å². The molecule has 0 bridgehead atoms. The van der Waals surface area contributed by atoms with Gasteiger partial charge in [0.2, 0.25) is 0 Å². The number of amides is 1. The first-order chi connectivity index (χ1) is 12.1. The largest absolute Gasteiger partial charge is 0.363 e. The molecular weight excluding hydrogens is 314 g/mol. The molecule has 6 nitrogen and oxygen atoms in total. The SMILES string of the molecule is Cc1cccc(NC(=O)c2ccc(NCc3ccccn3)nn2)c1C. The minimum atomic E-state index is -0.280. The summed E-state index contributed by atoms with van der Waals surface area (Å²) in [6.07, 6.45) is 1.74. The smallest absolute Gasteiger partial charge is 0.276 e. The maximum atomic E-state index is 12.3. The molecule has 0 spiro atoms. The third kappa shape index (κ3) is 4.17. The van der Waals surface area contributed by atoms with E-state index >= 15 is 0 Å². The van der Waals surface area contributed by atoms with E-state index in [0.29, 0.717) is 12.4 Å². The zero-order chi connectivity index (χ0) is 17.6. The minimum absolute atomic E-state index is 0.268. The molecule has 1 aromatic carbocycles. The van der Waals surface area contributed by atoms with Crippen molar-refractivity contribution in [3.05, 3.63) is 77.2 Å². The molecule has 126 valence electrons. The van der Waals surface area contributed by atoms with E-state index < -0.39 is 0 Å². The lowest BCUT2D eigenvalue weighted by Gasteiger charge is -2.10. The van der Waals surface area contributed by atoms with E-state index in [1.165, 1.54) is 0 Å². The molecule has 0 aliphatic carbocycles. The molecule has 0 atom stereocenters. The van der Waals surface area contributed by atoms with Crippen LogP contribution < -0.4 is 10.6 Å². The summed E-state index contributed by atoms with van der Waals surface area (Å²) in [5, 5.41) is 14.0. The molecule has 0 fully saturated rings.